The van der Waals surface area contributed by atoms with Gasteiger partial charge in [0.15, 0.2) is 0 Å². The molecular weight excluding hydrogens is 230 g/mol. The summed E-state index contributed by atoms with van der Waals surface area (Å²) in [6.07, 6.45) is 2.41. The SMILES string of the molecule is Cc1nn(C2CC(C)C2)c(N)c1Br. The summed E-state index contributed by atoms with van der Waals surface area (Å²) < 4.78 is 2.91. The third-order valence-corrected chi connectivity index (χ3v) is 3.72. The minimum atomic E-state index is 0.528. The van der Waals surface area contributed by atoms with E-state index in [9.17, 15) is 0 Å². The molecule has 0 radical (unpaired) electrons. The van der Waals surface area contributed by atoms with E-state index in [1.165, 1.54) is 12.8 Å². The smallest absolute Gasteiger partial charge is 0.136 e. The van der Waals surface area contributed by atoms with Crippen molar-refractivity contribution in [2.75, 3.05) is 5.73 Å². The van der Waals surface area contributed by atoms with Gasteiger partial charge in [0.05, 0.1) is 16.2 Å². The number of aryl methyl sites for hydroxylation is 1. The van der Waals surface area contributed by atoms with E-state index in [2.05, 4.69) is 28.0 Å². The molecule has 1 aliphatic carbocycles. The second-order valence-corrected chi connectivity index (χ2v) is 4.75. The Kier molecular flexibility index (Phi) is 2.10. The summed E-state index contributed by atoms with van der Waals surface area (Å²) in [7, 11) is 0. The quantitative estimate of drug-likeness (QED) is 0.824. The lowest BCUT2D eigenvalue weighted by Crippen LogP contribution is -2.26. The van der Waals surface area contributed by atoms with Gasteiger partial charge in [0.1, 0.15) is 5.82 Å². The zero-order chi connectivity index (χ0) is 9.59. The lowest BCUT2D eigenvalue weighted by Gasteiger charge is -2.33. The maximum absolute atomic E-state index is 5.91. The number of aromatic nitrogens is 2. The van der Waals surface area contributed by atoms with E-state index in [0.29, 0.717) is 6.04 Å². The summed E-state index contributed by atoms with van der Waals surface area (Å²) in [6.45, 7) is 4.23. The van der Waals surface area contributed by atoms with Crippen LogP contribution in [0.25, 0.3) is 0 Å². The summed E-state index contributed by atoms with van der Waals surface area (Å²) in [5, 5.41) is 4.41. The molecule has 0 amide bonds. The fourth-order valence-electron chi connectivity index (χ4n) is 1.88. The molecule has 0 bridgehead atoms. The van der Waals surface area contributed by atoms with Gasteiger partial charge in [-0.1, -0.05) is 6.92 Å². The number of rotatable bonds is 1. The van der Waals surface area contributed by atoms with E-state index < -0.39 is 0 Å². The van der Waals surface area contributed by atoms with Gasteiger partial charge in [-0.05, 0) is 41.6 Å². The summed E-state index contributed by atoms with van der Waals surface area (Å²) >= 11 is 3.43. The average molecular weight is 244 g/mol. The number of halogens is 1. The molecular formula is C9H14BrN3. The predicted molar refractivity (Wildman–Crippen MR) is 56.5 cm³/mol. The Bertz CT molecular complexity index is 326. The van der Waals surface area contributed by atoms with Crippen LogP contribution in [0.3, 0.4) is 0 Å². The number of hydrogen-bond acceptors (Lipinski definition) is 2. The molecule has 72 valence electrons. The molecule has 0 saturated heterocycles. The van der Waals surface area contributed by atoms with Gasteiger partial charge in [0, 0.05) is 0 Å². The van der Waals surface area contributed by atoms with E-state index >= 15 is 0 Å². The first-order valence-corrected chi connectivity index (χ1v) is 5.39. The molecule has 1 aliphatic rings. The van der Waals surface area contributed by atoms with Crippen molar-refractivity contribution in [3.05, 3.63) is 10.2 Å². The van der Waals surface area contributed by atoms with Gasteiger partial charge < -0.3 is 5.73 Å². The highest BCUT2D eigenvalue weighted by Crippen LogP contribution is 2.39. The maximum Gasteiger partial charge on any atom is 0.136 e. The van der Waals surface area contributed by atoms with Crippen LogP contribution in [-0.4, -0.2) is 9.78 Å². The Morgan fingerprint density at radius 1 is 1.54 bits per heavy atom. The van der Waals surface area contributed by atoms with E-state index in [-0.39, 0.29) is 0 Å². The first kappa shape index (κ1) is 9.06. The highest BCUT2D eigenvalue weighted by atomic mass is 79.9. The van der Waals surface area contributed by atoms with Crippen LogP contribution in [0.4, 0.5) is 5.82 Å². The van der Waals surface area contributed by atoms with Crippen LogP contribution in [-0.2, 0) is 0 Å². The lowest BCUT2D eigenvalue weighted by atomic mass is 9.82. The van der Waals surface area contributed by atoms with Crippen molar-refractivity contribution in [2.24, 2.45) is 5.92 Å². The molecule has 3 nitrogen and oxygen atoms in total. The van der Waals surface area contributed by atoms with Gasteiger partial charge in [-0.15, -0.1) is 0 Å². The van der Waals surface area contributed by atoms with Gasteiger partial charge >= 0.3 is 0 Å². The molecule has 0 spiro atoms. The highest BCUT2D eigenvalue weighted by molar-refractivity contribution is 9.10. The van der Waals surface area contributed by atoms with E-state index in [1.54, 1.807) is 0 Å². The molecule has 1 aromatic rings. The number of hydrogen-bond donors (Lipinski definition) is 1. The Morgan fingerprint density at radius 3 is 2.54 bits per heavy atom. The first-order chi connectivity index (χ1) is 6.09. The largest absolute Gasteiger partial charge is 0.383 e. The molecule has 2 N–H and O–H groups in total. The fraction of sp³-hybridized carbons (Fsp3) is 0.667. The Morgan fingerprint density at radius 2 is 2.15 bits per heavy atom. The lowest BCUT2D eigenvalue weighted by molar-refractivity contribution is 0.202. The van der Waals surface area contributed by atoms with Gasteiger partial charge in [-0.3, -0.25) is 0 Å². The Hall–Kier alpha value is -0.510. The van der Waals surface area contributed by atoms with Crippen LogP contribution < -0.4 is 5.73 Å². The number of nitrogen functional groups attached to an aromatic ring is 1. The van der Waals surface area contributed by atoms with Gasteiger partial charge in [0.2, 0.25) is 0 Å². The van der Waals surface area contributed by atoms with Crippen LogP contribution in [0, 0.1) is 12.8 Å². The molecule has 0 unspecified atom stereocenters. The molecule has 4 heteroatoms. The molecule has 0 aromatic carbocycles. The van der Waals surface area contributed by atoms with Crippen LogP contribution in [0.2, 0.25) is 0 Å². The van der Waals surface area contributed by atoms with Crippen LogP contribution >= 0.6 is 15.9 Å². The second-order valence-electron chi connectivity index (χ2n) is 3.96. The van der Waals surface area contributed by atoms with Crippen LogP contribution in [0.5, 0.6) is 0 Å². The molecule has 1 fully saturated rings. The molecule has 1 aromatic heterocycles. The Balaban J connectivity index is 2.26. The van der Waals surface area contributed by atoms with Crippen molar-refractivity contribution in [3.8, 4) is 0 Å². The van der Waals surface area contributed by atoms with Crippen molar-refractivity contribution in [2.45, 2.75) is 32.7 Å². The number of anilines is 1. The van der Waals surface area contributed by atoms with E-state index in [0.717, 1.165) is 21.9 Å². The molecule has 0 aliphatic heterocycles. The van der Waals surface area contributed by atoms with Crippen molar-refractivity contribution in [1.82, 2.24) is 9.78 Å². The third-order valence-electron chi connectivity index (χ3n) is 2.74. The van der Waals surface area contributed by atoms with E-state index in [4.69, 9.17) is 5.73 Å². The molecule has 1 heterocycles. The van der Waals surface area contributed by atoms with Crippen molar-refractivity contribution in [3.63, 3.8) is 0 Å². The highest BCUT2D eigenvalue weighted by Gasteiger charge is 2.29. The van der Waals surface area contributed by atoms with Crippen LogP contribution in [0.1, 0.15) is 31.5 Å². The minimum absolute atomic E-state index is 0.528. The topological polar surface area (TPSA) is 43.8 Å². The zero-order valence-corrected chi connectivity index (χ0v) is 9.50. The molecule has 1 saturated carbocycles. The second kappa shape index (κ2) is 3.01. The minimum Gasteiger partial charge on any atom is -0.383 e. The predicted octanol–water partition coefficient (Wildman–Crippen LogP) is 2.51. The molecule has 0 atom stereocenters. The van der Waals surface area contributed by atoms with Gasteiger partial charge in [0.25, 0.3) is 0 Å². The summed E-state index contributed by atoms with van der Waals surface area (Å²) in [5.41, 5.74) is 6.90. The van der Waals surface area contributed by atoms with Crippen LogP contribution in [0.15, 0.2) is 4.47 Å². The standard InChI is InChI=1S/C9H14BrN3/c1-5-3-7(4-5)13-9(11)8(10)6(2)12-13/h5,7H,3-4,11H2,1-2H3. The summed E-state index contributed by atoms with van der Waals surface area (Å²) in [5.74, 6) is 1.60. The molecule has 13 heavy (non-hydrogen) atoms. The number of nitrogens with zero attached hydrogens (tertiary/aromatic N) is 2. The van der Waals surface area contributed by atoms with E-state index in [1.807, 2.05) is 11.6 Å². The maximum atomic E-state index is 5.91. The van der Waals surface area contributed by atoms with Crippen molar-refractivity contribution >= 4 is 21.7 Å². The first-order valence-electron chi connectivity index (χ1n) is 4.59. The summed E-state index contributed by atoms with van der Waals surface area (Å²) in [6, 6.07) is 0.528. The van der Waals surface area contributed by atoms with Crippen molar-refractivity contribution < 1.29 is 0 Å². The van der Waals surface area contributed by atoms with Gasteiger partial charge in [-0.25, -0.2) is 4.68 Å². The Labute approximate surface area is 86.4 Å². The monoisotopic (exact) mass is 243 g/mol. The number of nitrogens with two attached hydrogens (primary N) is 1. The molecule has 2 rings (SSSR count). The van der Waals surface area contributed by atoms with Crippen molar-refractivity contribution in [1.29, 1.82) is 0 Å². The average Bonchev–Trinajstić information content (AvgIpc) is 2.27. The zero-order valence-electron chi connectivity index (χ0n) is 7.92. The summed E-state index contributed by atoms with van der Waals surface area (Å²) in [4.78, 5) is 0. The third kappa shape index (κ3) is 1.37. The fourth-order valence-corrected chi connectivity index (χ4v) is 2.14. The van der Waals surface area contributed by atoms with Gasteiger partial charge in [-0.2, -0.15) is 5.10 Å². The normalized spacial score (nSPS) is 27.3.